The van der Waals surface area contributed by atoms with Crippen molar-refractivity contribution >= 4 is 36.5 Å². The molecule has 2 aliphatic heterocycles. The van der Waals surface area contributed by atoms with Crippen LogP contribution in [0.1, 0.15) is 50.6 Å². The highest BCUT2D eigenvalue weighted by atomic mass is 35.5. The van der Waals surface area contributed by atoms with Gasteiger partial charge in [-0.25, -0.2) is 4.98 Å². The van der Waals surface area contributed by atoms with Gasteiger partial charge in [0.15, 0.2) is 17.7 Å². The molecule has 1 aromatic carbocycles. The van der Waals surface area contributed by atoms with Crippen LogP contribution in [0.15, 0.2) is 48.7 Å². The molecular formula is C23H31Cl2N3O2. The highest BCUT2D eigenvalue weighted by molar-refractivity contribution is 5.99. The van der Waals surface area contributed by atoms with Gasteiger partial charge in [0.1, 0.15) is 0 Å². The monoisotopic (exact) mass is 451 g/mol. The number of amides is 1. The van der Waals surface area contributed by atoms with Gasteiger partial charge in [-0.3, -0.25) is 9.69 Å². The fraction of sp³-hybridized carbons (Fsp3) is 0.478. The Morgan fingerprint density at radius 1 is 1.07 bits per heavy atom. The number of likely N-dealkylation sites (tertiary alicyclic amines) is 1. The second-order valence-electron chi connectivity index (χ2n) is 7.72. The van der Waals surface area contributed by atoms with Gasteiger partial charge in [-0.1, -0.05) is 50.1 Å². The van der Waals surface area contributed by atoms with E-state index in [1.54, 1.807) is 6.20 Å². The van der Waals surface area contributed by atoms with Gasteiger partial charge in [0, 0.05) is 12.7 Å². The number of nitrogens with zero attached hydrogens (tertiary/aromatic N) is 3. The van der Waals surface area contributed by atoms with E-state index in [4.69, 9.17) is 4.74 Å². The van der Waals surface area contributed by atoms with E-state index < -0.39 is 6.10 Å². The molecule has 3 heterocycles. The van der Waals surface area contributed by atoms with Crippen molar-refractivity contribution in [2.24, 2.45) is 0 Å². The number of fused-ring (bicyclic) bond motifs is 1. The predicted molar refractivity (Wildman–Crippen MR) is 125 cm³/mol. The van der Waals surface area contributed by atoms with Gasteiger partial charge in [0.05, 0.1) is 6.04 Å². The zero-order valence-electron chi connectivity index (χ0n) is 17.4. The molecule has 5 nitrogen and oxygen atoms in total. The number of hydrogen-bond donors (Lipinski definition) is 0. The Morgan fingerprint density at radius 2 is 1.80 bits per heavy atom. The van der Waals surface area contributed by atoms with Crippen molar-refractivity contribution in [3.63, 3.8) is 0 Å². The number of ether oxygens (including phenoxy) is 1. The lowest BCUT2D eigenvalue weighted by Gasteiger charge is -2.41. The molecule has 0 saturated carbocycles. The summed E-state index contributed by atoms with van der Waals surface area (Å²) in [4.78, 5) is 22.4. The quantitative estimate of drug-likeness (QED) is 0.616. The Balaban J connectivity index is 0.00000160. The summed E-state index contributed by atoms with van der Waals surface area (Å²) in [6.07, 6.45) is 6.68. The summed E-state index contributed by atoms with van der Waals surface area (Å²) in [6.45, 7) is 5.09. The minimum atomic E-state index is -0.436. The number of aromatic nitrogens is 1. The molecule has 2 unspecified atom stereocenters. The lowest BCUT2D eigenvalue weighted by molar-refractivity contribution is -0.127. The van der Waals surface area contributed by atoms with Crippen LogP contribution in [-0.4, -0.2) is 41.5 Å². The molecule has 4 rings (SSSR count). The van der Waals surface area contributed by atoms with E-state index in [-0.39, 0.29) is 36.8 Å². The summed E-state index contributed by atoms with van der Waals surface area (Å²) in [6, 6.07) is 14.1. The fourth-order valence-electron chi connectivity index (χ4n) is 4.26. The first-order valence-corrected chi connectivity index (χ1v) is 10.5. The Bertz CT molecular complexity index is 800. The molecule has 0 bridgehead atoms. The smallest absolute Gasteiger partial charge is 0.269 e. The number of rotatable bonds is 6. The first-order chi connectivity index (χ1) is 13.8. The first-order valence-electron chi connectivity index (χ1n) is 10.5. The van der Waals surface area contributed by atoms with Gasteiger partial charge in [-0.2, -0.15) is 0 Å². The summed E-state index contributed by atoms with van der Waals surface area (Å²) in [5.41, 5.74) is 1.15. The summed E-state index contributed by atoms with van der Waals surface area (Å²) in [5, 5.41) is 0. The molecule has 7 heteroatoms. The van der Waals surface area contributed by atoms with Crippen molar-refractivity contribution in [3.8, 4) is 5.75 Å². The molecule has 30 heavy (non-hydrogen) atoms. The standard InChI is InChI=1S/C23H29N3O2.2ClH/c1-2-10-21-23(27)26(22-20(28-21)13-9-14-24-22)19(18-11-5-3-6-12-18)17-25-15-7-4-8-16-25;;/h3,5-6,9,11-14,19,21H,2,4,7-8,10,15-17H2,1H3;2*1H. The SMILES string of the molecule is CCCC1Oc2cccnc2N(C(CN2CCCCC2)c2ccccc2)C1=O.Cl.Cl. The van der Waals surface area contributed by atoms with Crippen molar-refractivity contribution in [1.82, 2.24) is 9.88 Å². The molecule has 0 aliphatic carbocycles. The maximum Gasteiger partial charge on any atom is 0.269 e. The molecule has 1 fully saturated rings. The minimum absolute atomic E-state index is 0. The van der Waals surface area contributed by atoms with Crippen LogP contribution in [0, 0.1) is 0 Å². The van der Waals surface area contributed by atoms with Crippen molar-refractivity contribution in [1.29, 1.82) is 0 Å². The second kappa shape index (κ2) is 11.5. The molecular weight excluding hydrogens is 421 g/mol. The van der Waals surface area contributed by atoms with Crippen LogP contribution in [-0.2, 0) is 4.79 Å². The largest absolute Gasteiger partial charge is 0.477 e. The fourth-order valence-corrected chi connectivity index (χ4v) is 4.26. The van der Waals surface area contributed by atoms with Gasteiger partial charge in [0.2, 0.25) is 0 Å². The molecule has 1 saturated heterocycles. The molecule has 0 radical (unpaired) electrons. The zero-order chi connectivity index (χ0) is 19.3. The average molecular weight is 452 g/mol. The van der Waals surface area contributed by atoms with Crippen molar-refractivity contribution in [3.05, 3.63) is 54.2 Å². The molecule has 2 aromatic rings. The maximum absolute atomic E-state index is 13.5. The van der Waals surface area contributed by atoms with Crippen LogP contribution < -0.4 is 9.64 Å². The van der Waals surface area contributed by atoms with E-state index in [9.17, 15) is 4.79 Å². The summed E-state index contributed by atoms with van der Waals surface area (Å²) >= 11 is 0. The van der Waals surface area contributed by atoms with Crippen LogP contribution in [0.4, 0.5) is 5.82 Å². The highest BCUT2D eigenvalue weighted by Crippen LogP contribution is 2.38. The Hall–Kier alpha value is -1.82. The van der Waals surface area contributed by atoms with E-state index in [0.29, 0.717) is 11.6 Å². The molecule has 0 spiro atoms. The number of carbonyl (C=O) groups excluding carboxylic acids is 1. The van der Waals surface area contributed by atoms with Gasteiger partial charge >= 0.3 is 0 Å². The van der Waals surface area contributed by atoms with E-state index in [1.165, 1.54) is 19.3 Å². The van der Waals surface area contributed by atoms with E-state index >= 15 is 0 Å². The normalized spacial score (nSPS) is 19.7. The Labute approximate surface area is 191 Å². The number of pyridine rings is 1. The lowest BCUT2D eigenvalue weighted by atomic mass is 10.0. The summed E-state index contributed by atoms with van der Waals surface area (Å²) in [7, 11) is 0. The molecule has 1 amide bonds. The van der Waals surface area contributed by atoms with Gasteiger partial charge in [-0.15, -0.1) is 24.8 Å². The van der Waals surface area contributed by atoms with E-state index in [1.807, 2.05) is 35.2 Å². The van der Waals surface area contributed by atoms with Crippen molar-refractivity contribution in [2.75, 3.05) is 24.5 Å². The second-order valence-corrected chi connectivity index (χ2v) is 7.72. The Morgan fingerprint density at radius 3 is 2.50 bits per heavy atom. The van der Waals surface area contributed by atoms with Gasteiger partial charge in [-0.05, 0) is 50.0 Å². The van der Waals surface area contributed by atoms with Crippen LogP contribution >= 0.6 is 24.8 Å². The Kier molecular flexibility index (Phi) is 9.40. The molecule has 1 aromatic heterocycles. The minimum Gasteiger partial charge on any atom is -0.477 e. The van der Waals surface area contributed by atoms with E-state index in [2.05, 4.69) is 28.9 Å². The number of carbonyl (C=O) groups is 1. The molecule has 2 atom stereocenters. The van der Waals surface area contributed by atoms with Crippen molar-refractivity contribution in [2.45, 2.75) is 51.2 Å². The third-order valence-corrected chi connectivity index (χ3v) is 5.69. The molecule has 164 valence electrons. The summed E-state index contributed by atoms with van der Waals surface area (Å²) < 4.78 is 6.02. The van der Waals surface area contributed by atoms with Crippen molar-refractivity contribution < 1.29 is 9.53 Å². The number of hydrogen-bond acceptors (Lipinski definition) is 4. The van der Waals surface area contributed by atoms with Gasteiger partial charge < -0.3 is 9.64 Å². The number of benzene rings is 1. The third-order valence-electron chi connectivity index (χ3n) is 5.69. The maximum atomic E-state index is 13.5. The third kappa shape index (κ3) is 5.26. The zero-order valence-corrected chi connectivity index (χ0v) is 19.0. The number of piperidine rings is 1. The predicted octanol–water partition coefficient (Wildman–Crippen LogP) is 5.05. The van der Waals surface area contributed by atoms with Crippen LogP contribution in [0.3, 0.4) is 0 Å². The van der Waals surface area contributed by atoms with E-state index in [0.717, 1.165) is 38.0 Å². The lowest BCUT2D eigenvalue weighted by Crippen LogP contribution is -2.51. The van der Waals surface area contributed by atoms with Crippen LogP contribution in [0.5, 0.6) is 5.75 Å². The first kappa shape index (κ1) is 24.4. The molecule has 0 N–H and O–H groups in total. The molecule has 2 aliphatic rings. The number of anilines is 1. The number of halogens is 2. The van der Waals surface area contributed by atoms with Crippen LogP contribution in [0.25, 0.3) is 0 Å². The van der Waals surface area contributed by atoms with Crippen LogP contribution in [0.2, 0.25) is 0 Å². The average Bonchev–Trinajstić information content (AvgIpc) is 2.75. The topological polar surface area (TPSA) is 45.7 Å². The van der Waals surface area contributed by atoms with Gasteiger partial charge in [0.25, 0.3) is 5.91 Å². The summed E-state index contributed by atoms with van der Waals surface area (Å²) in [5.74, 6) is 1.38. The highest BCUT2D eigenvalue weighted by Gasteiger charge is 2.40.